The molecule has 5 nitrogen and oxygen atoms in total. The van der Waals surface area contributed by atoms with Crippen molar-refractivity contribution in [3.63, 3.8) is 0 Å². The zero-order valence-electron chi connectivity index (χ0n) is 11.6. The van der Waals surface area contributed by atoms with Gasteiger partial charge >= 0.3 is 11.9 Å². The lowest BCUT2D eigenvalue weighted by Gasteiger charge is -2.29. The largest absolute Gasteiger partial charge is 0.468 e. The van der Waals surface area contributed by atoms with Crippen molar-refractivity contribution in [2.24, 2.45) is 17.3 Å². The first kappa shape index (κ1) is 13.8. The minimum atomic E-state index is -1.30. The number of Topliss-reactive ketones (excluding diaryl/α,β-unsaturated/α-hetero) is 1. The van der Waals surface area contributed by atoms with Crippen molar-refractivity contribution in [2.45, 2.75) is 26.7 Å². The first-order valence-electron chi connectivity index (χ1n) is 6.29. The van der Waals surface area contributed by atoms with Gasteiger partial charge < -0.3 is 9.47 Å². The fourth-order valence-electron chi connectivity index (χ4n) is 3.44. The molecule has 0 saturated heterocycles. The SMILES string of the molecule is COC(=O)C1(C(=O)OC)CC2=C(C)C(=O)C[C@H]2[C@H]1C. The topological polar surface area (TPSA) is 69.7 Å². The molecule has 19 heavy (non-hydrogen) atoms. The normalized spacial score (nSPS) is 28.3. The molecule has 0 amide bonds. The highest BCUT2D eigenvalue weighted by molar-refractivity contribution is 6.04. The summed E-state index contributed by atoms with van der Waals surface area (Å²) in [7, 11) is 2.53. The fraction of sp³-hybridized carbons (Fsp3) is 0.643. The zero-order valence-corrected chi connectivity index (χ0v) is 11.6. The molecule has 5 heteroatoms. The lowest BCUT2D eigenvalue weighted by atomic mass is 9.75. The number of ketones is 1. The number of methoxy groups -OCH3 is 2. The maximum Gasteiger partial charge on any atom is 0.323 e. The quantitative estimate of drug-likeness (QED) is 0.556. The molecule has 0 aromatic rings. The first-order chi connectivity index (χ1) is 8.90. The van der Waals surface area contributed by atoms with Gasteiger partial charge in [-0.25, -0.2) is 0 Å². The molecular formula is C14H18O5. The molecule has 0 radical (unpaired) electrons. The number of esters is 2. The maximum atomic E-state index is 12.1. The van der Waals surface area contributed by atoms with Crippen molar-refractivity contribution in [3.8, 4) is 0 Å². The summed E-state index contributed by atoms with van der Waals surface area (Å²) in [6.45, 7) is 3.58. The van der Waals surface area contributed by atoms with E-state index >= 15 is 0 Å². The van der Waals surface area contributed by atoms with E-state index in [1.807, 2.05) is 6.92 Å². The minimum Gasteiger partial charge on any atom is -0.468 e. The van der Waals surface area contributed by atoms with Gasteiger partial charge in [0.05, 0.1) is 14.2 Å². The minimum absolute atomic E-state index is 0.0503. The van der Waals surface area contributed by atoms with E-state index < -0.39 is 17.4 Å². The standard InChI is InChI=1S/C14H18O5/c1-7-10-6-14(12(16)18-3,13(17)19-4)8(2)9(10)5-11(7)15/h8-9H,5-6H2,1-4H3/t8-,9+/m1/s1. The highest BCUT2D eigenvalue weighted by Crippen LogP contribution is 2.56. The van der Waals surface area contributed by atoms with Gasteiger partial charge in [-0.3, -0.25) is 14.4 Å². The monoisotopic (exact) mass is 266 g/mol. The number of fused-ring (bicyclic) bond motifs is 1. The van der Waals surface area contributed by atoms with Crippen molar-refractivity contribution >= 4 is 17.7 Å². The Morgan fingerprint density at radius 1 is 1.21 bits per heavy atom. The fourth-order valence-corrected chi connectivity index (χ4v) is 3.44. The third-order valence-electron chi connectivity index (χ3n) is 4.70. The summed E-state index contributed by atoms with van der Waals surface area (Å²) in [5.74, 6) is -1.38. The van der Waals surface area contributed by atoms with Gasteiger partial charge in [0.1, 0.15) is 0 Å². The van der Waals surface area contributed by atoms with Crippen LogP contribution in [-0.4, -0.2) is 31.9 Å². The van der Waals surface area contributed by atoms with Gasteiger partial charge in [-0.15, -0.1) is 0 Å². The Labute approximate surface area is 111 Å². The maximum absolute atomic E-state index is 12.1. The van der Waals surface area contributed by atoms with Gasteiger partial charge in [0.25, 0.3) is 0 Å². The van der Waals surface area contributed by atoms with Crippen molar-refractivity contribution in [3.05, 3.63) is 11.1 Å². The number of carbonyl (C=O) groups is 3. The molecule has 1 saturated carbocycles. The highest BCUT2D eigenvalue weighted by atomic mass is 16.5. The van der Waals surface area contributed by atoms with Crippen LogP contribution in [0.25, 0.3) is 0 Å². The van der Waals surface area contributed by atoms with Crippen LogP contribution in [-0.2, 0) is 23.9 Å². The third-order valence-corrected chi connectivity index (χ3v) is 4.70. The van der Waals surface area contributed by atoms with Crippen molar-refractivity contribution in [1.82, 2.24) is 0 Å². The van der Waals surface area contributed by atoms with Gasteiger partial charge in [-0.1, -0.05) is 12.5 Å². The predicted octanol–water partition coefficient (Wildman–Crippen LogP) is 1.26. The van der Waals surface area contributed by atoms with E-state index in [-0.39, 0.29) is 24.0 Å². The Morgan fingerprint density at radius 3 is 2.16 bits per heavy atom. The molecule has 2 aliphatic rings. The second kappa shape index (κ2) is 4.47. The van der Waals surface area contributed by atoms with Gasteiger partial charge in [-0.05, 0) is 30.8 Å². The molecule has 0 aromatic heterocycles. The summed E-state index contributed by atoms with van der Waals surface area (Å²) in [5, 5.41) is 0. The van der Waals surface area contributed by atoms with Gasteiger partial charge in [-0.2, -0.15) is 0 Å². The summed E-state index contributed by atoms with van der Waals surface area (Å²) in [5.41, 5.74) is 0.297. The molecule has 0 aliphatic heterocycles. The summed E-state index contributed by atoms with van der Waals surface area (Å²) in [6, 6.07) is 0. The van der Waals surface area contributed by atoms with Gasteiger partial charge in [0.15, 0.2) is 11.2 Å². The van der Waals surface area contributed by atoms with Crippen molar-refractivity contribution in [1.29, 1.82) is 0 Å². The molecule has 0 bridgehead atoms. The van der Waals surface area contributed by atoms with E-state index in [2.05, 4.69) is 0 Å². The molecule has 0 aromatic carbocycles. The second-order valence-electron chi connectivity index (χ2n) is 5.30. The molecule has 0 N–H and O–H groups in total. The number of hydrogen-bond donors (Lipinski definition) is 0. The van der Waals surface area contributed by atoms with Crippen LogP contribution in [0.5, 0.6) is 0 Å². The summed E-state index contributed by atoms with van der Waals surface area (Å²) in [4.78, 5) is 36.0. The average Bonchev–Trinajstić information content (AvgIpc) is 2.85. The molecule has 2 atom stereocenters. The van der Waals surface area contributed by atoms with Crippen LogP contribution in [0.4, 0.5) is 0 Å². The molecule has 0 spiro atoms. The Bertz CT molecular complexity index is 472. The number of carbonyl (C=O) groups excluding carboxylic acids is 3. The number of allylic oxidation sites excluding steroid dienone is 2. The van der Waals surface area contributed by atoms with Crippen LogP contribution in [0.2, 0.25) is 0 Å². The Morgan fingerprint density at radius 2 is 1.74 bits per heavy atom. The van der Waals surface area contributed by atoms with E-state index in [9.17, 15) is 14.4 Å². The smallest absolute Gasteiger partial charge is 0.323 e. The Kier molecular flexibility index (Phi) is 3.24. The molecule has 2 aliphatic carbocycles. The van der Waals surface area contributed by atoms with Gasteiger partial charge in [0.2, 0.25) is 0 Å². The molecule has 2 rings (SSSR count). The average molecular weight is 266 g/mol. The zero-order chi connectivity index (χ0) is 14.4. The van der Waals surface area contributed by atoms with Gasteiger partial charge in [0, 0.05) is 6.42 Å². The van der Waals surface area contributed by atoms with E-state index in [0.717, 1.165) is 5.57 Å². The molecule has 104 valence electrons. The predicted molar refractivity (Wildman–Crippen MR) is 66.1 cm³/mol. The number of hydrogen-bond acceptors (Lipinski definition) is 5. The molecule has 1 fully saturated rings. The van der Waals surface area contributed by atoms with Crippen molar-refractivity contribution < 1.29 is 23.9 Å². The van der Waals surface area contributed by atoms with Crippen LogP contribution in [0.3, 0.4) is 0 Å². The summed E-state index contributed by atoms with van der Waals surface area (Å²) in [6.07, 6.45) is 0.605. The van der Waals surface area contributed by atoms with Crippen LogP contribution >= 0.6 is 0 Å². The Balaban J connectivity index is 2.52. The van der Waals surface area contributed by atoms with Crippen molar-refractivity contribution in [2.75, 3.05) is 14.2 Å². The lowest BCUT2D eigenvalue weighted by Crippen LogP contribution is -2.44. The van der Waals surface area contributed by atoms with Crippen LogP contribution in [0.1, 0.15) is 26.7 Å². The first-order valence-corrected chi connectivity index (χ1v) is 6.29. The lowest BCUT2D eigenvalue weighted by molar-refractivity contribution is -0.172. The van der Waals surface area contributed by atoms with Crippen LogP contribution in [0.15, 0.2) is 11.1 Å². The number of ether oxygens (including phenoxy) is 2. The van der Waals surface area contributed by atoms with Crippen LogP contribution in [0, 0.1) is 17.3 Å². The van der Waals surface area contributed by atoms with E-state index in [0.29, 0.717) is 12.0 Å². The summed E-state index contributed by atoms with van der Waals surface area (Å²) < 4.78 is 9.62. The molecular weight excluding hydrogens is 248 g/mol. The van der Waals surface area contributed by atoms with E-state index in [4.69, 9.17) is 9.47 Å². The second-order valence-corrected chi connectivity index (χ2v) is 5.30. The number of rotatable bonds is 2. The van der Waals surface area contributed by atoms with E-state index in [1.165, 1.54) is 14.2 Å². The Hall–Kier alpha value is -1.65. The summed E-state index contributed by atoms with van der Waals surface area (Å²) >= 11 is 0. The van der Waals surface area contributed by atoms with Crippen LogP contribution < -0.4 is 0 Å². The molecule has 0 heterocycles. The molecule has 0 unspecified atom stereocenters. The van der Waals surface area contributed by atoms with E-state index in [1.54, 1.807) is 6.92 Å². The highest BCUT2D eigenvalue weighted by Gasteiger charge is 2.62. The third kappa shape index (κ3) is 1.64.